The normalized spacial score (nSPS) is 11.5. The quantitative estimate of drug-likeness (QED) is 0.493. The molecule has 0 N–H and O–H groups in total. The van der Waals surface area contributed by atoms with Crippen molar-refractivity contribution in [3.63, 3.8) is 0 Å². The largest absolute Gasteiger partial charge is 0.265 e. The van der Waals surface area contributed by atoms with E-state index >= 15 is 0 Å². The summed E-state index contributed by atoms with van der Waals surface area (Å²) in [6.07, 6.45) is 7.00. The maximum Gasteiger partial charge on any atom is 0.175 e. The molecule has 5 aromatic rings. The van der Waals surface area contributed by atoms with Crippen molar-refractivity contribution in [2.45, 2.75) is 13.8 Å². The van der Waals surface area contributed by atoms with Gasteiger partial charge in [0.1, 0.15) is 6.33 Å². The standard InChI is InChI=1S/C19H15N7/c1-12-3-4-15(9-13(12)2)26-18-16(10-22-26)19-24-23-17(25(19)11-21-18)14-5-7-20-8-6-14/h3-11H,1-2H3. The van der Waals surface area contributed by atoms with Crippen LogP contribution in [0.25, 0.3) is 33.8 Å². The van der Waals surface area contributed by atoms with Crippen molar-refractivity contribution in [3.05, 3.63) is 66.4 Å². The zero-order valence-corrected chi connectivity index (χ0v) is 14.3. The third kappa shape index (κ3) is 2.10. The van der Waals surface area contributed by atoms with Crippen LogP contribution in [0.5, 0.6) is 0 Å². The number of aryl methyl sites for hydroxylation is 2. The fourth-order valence-corrected chi connectivity index (χ4v) is 3.06. The summed E-state index contributed by atoms with van der Waals surface area (Å²) in [5.41, 5.74) is 5.88. The van der Waals surface area contributed by atoms with Crippen LogP contribution in [0.3, 0.4) is 0 Å². The predicted octanol–water partition coefficient (Wildman–Crippen LogP) is 3.14. The molecule has 4 heterocycles. The van der Waals surface area contributed by atoms with E-state index in [1.165, 1.54) is 11.1 Å². The average molecular weight is 341 g/mol. The summed E-state index contributed by atoms with van der Waals surface area (Å²) in [6.45, 7) is 4.19. The number of benzene rings is 1. The van der Waals surface area contributed by atoms with Crippen LogP contribution in [-0.4, -0.2) is 34.3 Å². The Morgan fingerprint density at radius 1 is 0.885 bits per heavy atom. The first-order chi connectivity index (χ1) is 12.7. The van der Waals surface area contributed by atoms with E-state index in [1.807, 2.05) is 27.3 Å². The van der Waals surface area contributed by atoms with Crippen LogP contribution < -0.4 is 0 Å². The van der Waals surface area contributed by atoms with Crippen molar-refractivity contribution >= 4 is 16.7 Å². The second kappa shape index (κ2) is 5.45. The van der Waals surface area contributed by atoms with Crippen molar-refractivity contribution in [2.24, 2.45) is 0 Å². The molecule has 0 unspecified atom stereocenters. The summed E-state index contributed by atoms with van der Waals surface area (Å²) in [7, 11) is 0. The van der Waals surface area contributed by atoms with Gasteiger partial charge >= 0.3 is 0 Å². The molecule has 0 fully saturated rings. The fraction of sp³-hybridized carbons (Fsp3) is 0.105. The molecule has 5 rings (SSSR count). The first-order valence-corrected chi connectivity index (χ1v) is 8.28. The molecule has 7 heteroatoms. The van der Waals surface area contributed by atoms with Gasteiger partial charge in [0, 0.05) is 18.0 Å². The van der Waals surface area contributed by atoms with Gasteiger partial charge in [0.15, 0.2) is 17.1 Å². The molecule has 1 aromatic carbocycles. The summed E-state index contributed by atoms with van der Waals surface area (Å²) < 4.78 is 3.71. The van der Waals surface area contributed by atoms with Crippen LogP contribution in [0.1, 0.15) is 11.1 Å². The molecule has 0 saturated heterocycles. The van der Waals surface area contributed by atoms with Gasteiger partial charge in [-0.15, -0.1) is 10.2 Å². The van der Waals surface area contributed by atoms with E-state index in [9.17, 15) is 0 Å². The van der Waals surface area contributed by atoms with Crippen LogP contribution in [0.2, 0.25) is 0 Å². The molecule has 0 amide bonds. The van der Waals surface area contributed by atoms with Gasteiger partial charge in [-0.05, 0) is 49.2 Å². The lowest BCUT2D eigenvalue weighted by molar-refractivity contribution is 0.891. The maximum atomic E-state index is 4.62. The SMILES string of the molecule is Cc1ccc(-n2ncc3c2ncn2c(-c4ccncc4)nnc32)cc1C. The smallest absolute Gasteiger partial charge is 0.175 e. The lowest BCUT2D eigenvalue weighted by atomic mass is 10.1. The molecule has 0 aliphatic rings. The Morgan fingerprint density at radius 2 is 1.73 bits per heavy atom. The molecular weight excluding hydrogens is 326 g/mol. The minimum absolute atomic E-state index is 0.732. The van der Waals surface area contributed by atoms with Crippen LogP contribution in [0, 0.1) is 13.8 Å². The number of rotatable bonds is 2. The van der Waals surface area contributed by atoms with Crippen molar-refractivity contribution in [3.8, 4) is 17.1 Å². The third-order valence-electron chi connectivity index (χ3n) is 4.65. The van der Waals surface area contributed by atoms with Crippen molar-refractivity contribution in [1.82, 2.24) is 34.3 Å². The topological polar surface area (TPSA) is 73.8 Å². The van der Waals surface area contributed by atoms with Gasteiger partial charge in [-0.1, -0.05) is 6.07 Å². The number of fused-ring (bicyclic) bond motifs is 3. The minimum atomic E-state index is 0.732. The van der Waals surface area contributed by atoms with E-state index in [2.05, 4.69) is 51.2 Å². The Morgan fingerprint density at radius 3 is 2.54 bits per heavy atom. The summed E-state index contributed by atoms with van der Waals surface area (Å²) in [5.74, 6) is 0.732. The molecule has 0 atom stereocenters. The lowest BCUT2D eigenvalue weighted by Crippen LogP contribution is -2.00. The average Bonchev–Trinajstić information content (AvgIpc) is 3.28. The Balaban J connectivity index is 1.72. The number of pyridine rings is 1. The first kappa shape index (κ1) is 14.7. The van der Waals surface area contributed by atoms with Gasteiger partial charge in [-0.3, -0.25) is 9.38 Å². The summed E-state index contributed by atoms with van der Waals surface area (Å²) >= 11 is 0. The van der Waals surface area contributed by atoms with E-state index in [0.29, 0.717) is 0 Å². The highest BCUT2D eigenvalue weighted by Crippen LogP contribution is 2.24. The minimum Gasteiger partial charge on any atom is -0.265 e. The highest BCUT2D eigenvalue weighted by atomic mass is 15.3. The Hall–Kier alpha value is -3.61. The van der Waals surface area contributed by atoms with Gasteiger partial charge in [0.25, 0.3) is 0 Å². The fourth-order valence-electron chi connectivity index (χ4n) is 3.06. The van der Waals surface area contributed by atoms with Crippen molar-refractivity contribution in [2.75, 3.05) is 0 Å². The number of hydrogen-bond donors (Lipinski definition) is 0. The van der Waals surface area contributed by atoms with Crippen LogP contribution in [0.15, 0.2) is 55.2 Å². The van der Waals surface area contributed by atoms with Crippen LogP contribution in [0.4, 0.5) is 0 Å². The molecule has 4 aromatic heterocycles. The molecule has 0 aliphatic heterocycles. The molecule has 0 aliphatic carbocycles. The molecule has 7 nitrogen and oxygen atoms in total. The van der Waals surface area contributed by atoms with Crippen molar-refractivity contribution < 1.29 is 0 Å². The number of hydrogen-bond acceptors (Lipinski definition) is 5. The molecule has 0 bridgehead atoms. The summed E-state index contributed by atoms with van der Waals surface area (Å²) in [5, 5.41) is 14.1. The van der Waals surface area contributed by atoms with Gasteiger partial charge in [0.2, 0.25) is 0 Å². The number of nitrogens with zero attached hydrogens (tertiary/aromatic N) is 7. The van der Waals surface area contributed by atoms with Gasteiger partial charge in [-0.25, -0.2) is 9.67 Å². The third-order valence-corrected chi connectivity index (χ3v) is 4.65. The highest BCUT2D eigenvalue weighted by molar-refractivity contribution is 5.90. The number of aromatic nitrogens is 7. The molecule has 126 valence electrons. The molecule has 0 radical (unpaired) electrons. The van der Waals surface area contributed by atoms with E-state index in [-0.39, 0.29) is 0 Å². The summed E-state index contributed by atoms with van der Waals surface area (Å²) in [4.78, 5) is 8.67. The maximum absolute atomic E-state index is 4.62. The Labute approximate surface area is 149 Å². The first-order valence-electron chi connectivity index (χ1n) is 8.28. The van der Waals surface area contributed by atoms with E-state index < -0.39 is 0 Å². The van der Waals surface area contributed by atoms with E-state index in [1.54, 1.807) is 24.9 Å². The Kier molecular flexibility index (Phi) is 3.08. The second-order valence-corrected chi connectivity index (χ2v) is 6.26. The molecule has 26 heavy (non-hydrogen) atoms. The van der Waals surface area contributed by atoms with Crippen LogP contribution in [-0.2, 0) is 0 Å². The molecular formula is C19H15N7. The highest BCUT2D eigenvalue weighted by Gasteiger charge is 2.15. The monoisotopic (exact) mass is 341 g/mol. The Bertz CT molecular complexity index is 1250. The zero-order valence-electron chi connectivity index (χ0n) is 14.3. The van der Waals surface area contributed by atoms with Crippen LogP contribution >= 0.6 is 0 Å². The van der Waals surface area contributed by atoms with E-state index in [0.717, 1.165) is 33.8 Å². The van der Waals surface area contributed by atoms with E-state index in [4.69, 9.17) is 0 Å². The second-order valence-electron chi connectivity index (χ2n) is 6.26. The van der Waals surface area contributed by atoms with Gasteiger partial charge in [-0.2, -0.15) is 5.10 Å². The molecule has 0 spiro atoms. The van der Waals surface area contributed by atoms with Gasteiger partial charge in [0.05, 0.1) is 17.3 Å². The zero-order chi connectivity index (χ0) is 17.7. The lowest BCUT2D eigenvalue weighted by Gasteiger charge is -2.06. The van der Waals surface area contributed by atoms with Crippen molar-refractivity contribution in [1.29, 1.82) is 0 Å². The molecule has 0 saturated carbocycles. The summed E-state index contributed by atoms with van der Waals surface area (Å²) in [6, 6.07) is 10.1. The van der Waals surface area contributed by atoms with Gasteiger partial charge < -0.3 is 0 Å². The predicted molar refractivity (Wildman–Crippen MR) is 98.1 cm³/mol.